The number of nitrogens with zero attached hydrogens (tertiary/aromatic N) is 2. The smallest absolute Gasteiger partial charge is 0.326 e. The van der Waals surface area contributed by atoms with Gasteiger partial charge in [-0.25, -0.2) is 14.6 Å². The van der Waals surface area contributed by atoms with Crippen molar-refractivity contribution in [1.82, 2.24) is 14.7 Å². The highest BCUT2D eigenvalue weighted by atomic mass is 32.2. The van der Waals surface area contributed by atoms with Crippen molar-refractivity contribution in [2.75, 3.05) is 17.3 Å². The molecule has 3 N–H and O–H groups in total. The number of aryl methyl sites for hydroxylation is 1. The van der Waals surface area contributed by atoms with Crippen LogP contribution in [0.25, 0.3) is 0 Å². The summed E-state index contributed by atoms with van der Waals surface area (Å²) < 4.78 is 3.90. The highest BCUT2D eigenvalue weighted by Gasteiger charge is 2.19. The summed E-state index contributed by atoms with van der Waals surface area (Å²) in [4.78, 5) is 26.4. The number of carbonyl (C=O) groups excluding carboxylic acids is 1. The Kier molecular flexibility index (Phi) is 5.86. The number of anilines is 1. The Balaban J connectivity index is 2.48. The van der Waals surface area contributed by atoms with Gasteiger partial charge in [-0.3, -0.25) is 5.32 Å². The molecule has 0 aliphatic carbocycles. The minimum absolute atomic E-state index is 0.346. The molecule has 0 saturated heterocycles. The Bertz CT molecular complexity index is 424. The number of carboxylic acid groups (broad SMARTS) is 1. The van der Waals surface area contributed by atoms with E-state index in [2.05, 4.69) is 20.0 Å². The summed E-state index contributed by atoms with van der Waals surface area (Å²) in [5, 5.41) is 14.1. The monoisotopic (exact) mass is 290 g/mol. The van der Waals surface area contributed by atoms with E-state index in [0.717, 1.165) is 11.5 Å². The van der Waals surface area contributed by atoms with Crippen LogP contribution in [0.1, 0.15) is 12.2 Å². The summed E-state index contributed by atoms with van der Waals surface area (Å²) in [6, 6.07) is -1.48. The first-order valence-corrected chi connectivity index (χ1v) is 7.29. The van der Waals surface area contributed by atoms with Crippen LogP contribution < -0.4 is 10.6 Å². The maximum atomic E-state index is 11.5. The molecular weight excluding hydrogens is 276 g/mol. The number of carboxylic acids is 1. The van der Waals surface area contributed by atoms with Gasteiger partial charge in [-0.15, -0.1) is 0 Å². The highest BCUT2D eigenvalue weighted by molar-refractivity contribution is 7.98. The molecule has 0 bridgehead atoms. The van der Waals surface area contributed by atoms with Gasteiger partial charge in [0.2, 0.25) is 5.13 Å². The molecule has 1 aromatic rings. The van der Waals surface area contributed by atoms with Crippen LogP contribution in [-0.4, -0.2) is 44.5 Å². The zero-order chi connectivity index (χ0) is 13.5. The largest absolute Gasteiger partial charge is 0.480 e. The van der Waals surface area contributed by atoms with Crippen LogP contribution in [0, 0.1) is 6.92 Å². The van der Waals surface area contributed by atoms with Crippen LogP contribution in [-0.2, 0) is 4.79 Å². The minimum atomic E-state index is -1.05. The predicted molar refractivity (Wildman–Crippen MR) is 71.2 cm³/mol. The molecule has 0 aliphatic heterocycles. The topological polar surface area (TPSA) is 104 Å². The second kappa shape index (κ2) is 7.17. The summed E-state index contributed by atoms with van der Waals surface area (Å²) in [6.07, 6.45) is 2.25. The Hall–Kier alpha value is -1.35. The van der Waals surface area contributed by atoms with Gasteiger partial charge < -0.3 is 10.4 Å². The average Bonchev–Trinajstić information content (AvgIpc) is 2.69. The van der Waals surface area contributed by atoms with E-state index >= 15 is 0 Å². The van der Waals surface area contributed by atoms with Gasteiger partial charge in [0.1, 0.15) is 11.9 Å². The number of amides is 2. The van der Waals surface area contributed by atoms with Gasteiger partial charge in [0.15, 0.2) is 0 Å². The van der Waals surface area contributed by atoms with Gasteiger partial charge in [0, 0.05) is 11.5 Å². The summed E-state index contributed by atoms with van der Waals surface area (Å²) in [5.41, 5.74) is 0. The molecular formula is C9H14N4O3S2. The number of thioether (sulfide) groups is 1. The minimum Gasteiger partial charge on any atom is -0.480 e. The number of rotatable bonds is 6. The number of hydrogen-bond acceptors (Lipinski definition) is 6. The van der Waals surface area contributed by atoms with E-state index in [1.165, 1.54) is 11.8 Å². The number of aromatic nitrogens is 2. The SMILES string of the molecule is CSCCC(NC(=O)Nc1nc(C)ns1)C(=O)O. The zero-order valence-electron chi connectivity index (χ0n) is 9.97. The third kappa shape index (κ3) is 4.88. The van der Waals surface area contributed by atoms with E-state index < -0.39 is 18.0 Å². The second-order valence-electron chi connectivity index (χ2n) is 3.42. The van der Waals surface area contributed by atoms with Gasteiger partial charge >= 0.3 is 12.0 Å². The summed E-state index contributed by atoms with van der Waals surface area (Å²) in [7, 11) is 0. The van der Waals surface area contributed by atoms with Gasteiger partial charge in [0.25, 0.3) is 0 Å². The lowest BCUT2D eigenvalue weighted by Crippen LogP contribution is -2.43. The maximum absolute atomic E-state index is 11.5. The Morgan fingerprint density at radius 1 is 1.56 bits per heavy atom. The van der Waals surface area contributed by atoms with Crippen LogP contribution >= 0.6 is 23.3 Å². The van der Waals surface area contributed by atoms with Crippen molar-refractivity contribution in [3.8, 4) is 0 Å². The van der Waals surface area contributed by atoms with Crippen molar-refractivity contribution in [3.63, 3.8) is 0 Å². The van der Waals surface area contributed by atoms with Crippen molar-refractivity contribution < 1.29 is 14.7 Å². The normalized spacial score (nSPS) is 11.9. The molecule has 0 spiro atoms. The van der Waals surface area contributed by atoms with E-state index in [-0.39, 0.29) is 0 Å². The van der Waals surface area contributed by atoms with Crippen molar-refractivity contribution in [1.29, 1.82) is 0 Å². The fraction of sp³-hybridized carbons (Fsp3) is 0.556. The third-order valence-corrected chi connectivity index (χ3v) is 3.33. The molecule has 7 nitrogen and oxygen atoms in total. The van der Waals surface area contributed by atoms with E-state index in [4.69, 9.17) is 5.11 Å². The van der Waals surface area contributed by atoms with Gasteiger partial charge in [0.05, 0.1) is 0 Å². The van der Waals surface area contributed by atoms with E-state index in [1.54, 1.807) is 6.92 Å². The second-order valence-corrected chi connectivity index (χ2v) is 5.15. The number of nitrogens with one attached hydrogen (secondary N) is 2. The molecule has 0 radical (unpaired) electrons. The molecule has 2 amide bonds. The van der Waals surface area contributed by atoms with Crippen LogP contribution in [0.3, 0.4) is 0 Å². The first-order valence-electron chi connectivity index (χ1n) is 5.12. The van der Waals surface area contributed by atoms with Crippen molar-refractivity contribution in [2.24, 2.45) is 0 Å². The fourth-order valence-corrected chi connectivity index (χ4v) is 2.17. The van der Waals surface area contributed by atoms with Crippen LogP contribution in [0.5, 0.6) is 0 Å². The number of urea groups is 1. The Labute approximate surface area is 113 Å². The summed E-state index contributed by atoms with van der Waals surface area (Å²) in [6.45, 7) is 1.71. The van der Waals surface area contributed by atoms with Crippen molar-refractivity contribution in [2.45, 2.75) is 19.4 Å². The van der Waals surface area contributed by atoms with Gasteiger partial charge in [-0.2, -0.15) is 16.1 Å². The molecule has 1 heterocycles. The molecule has 1 atom stereocenters. The lowest BCUT2D eigenvalue weighted by Gasteiger charge is -2.13. The molecule has 1 unspecified atom stereocenters. The van der Waals surface area contributed by atoms with E-state index in [9.17, 15) is 9.59 Å². The zero-order valence-corrected chi connectivity index (χ0v) is 11.6. The molecule has 1 aromatic heterocycles. The highest BCUT2D eigenvalue weighted by Crippen LogP contribution is 2.09. The molecule has 0 saturated carbocycles. The summed E-state index contributed by atoms with van der Waals surface area (Å²) in [5.74, 6) is 0.176. The van der Waals surface area contributed by atoms with Crippen molar-refractivity contribution >= 4 is 40.4 Å². The van der Waals surface area contributed by atoms with Crippen LogP contribution in [0.4, 0.5) is 9.93 Å². The fourth-order valence-electron chi connectivity index (χ4n) is 1.13. The van der Waals surface area contributed by atoms with Gasteiger partial charge in [-0.05, 0) is 25.4 Å². The first-order chi connectivity index (χ1) is 8.52. The third-order valence-electron chi connectivity index (χ3n) is 1.96. The number of hydrogen-bond donors (Lipinski definition) is 3. The molecule has 100 valence electrons. The Morgan fingerprint density at radius 2 is 2.28 bits per heavy atom. The standard InChI is InChI=1S/C9H14N4O3S2/c1-5-10-9(18-13-5)12-8(16)11-6(7(14)15)3-4-17-2/h6H,3-4H2,1-2H3,(H,14,15)(H2,10,11,12,13,16). The average molecular weight is 290 g/mol. The molecule has 1 rings (SSSR count). The van der Waals surface area contributed by atoms with Crippen LogP contribution in [0.15, 0.2) is 0 Å². The lowest BCUT2D eigenvalue weighted by atomic mass is 10.2. The van der Waals surface area contributed by atoms with E-state index in [1.807, 2.05) is 6.26 Å². The van der Waals surface area contributed by atoms with E-state index in [0.29, 0.717) is 23.1 Å². The molecule has 0 aromatic carbocycles. The lowest BCUT2D eigenvalue weighted by molar-refractivity contribution is -0.139. The predicted octanol–water partition coefficient (Wildman–Crippen LogP) is 1.17. The van der Waals surface area contributed by atoms with Crippen molar-refractivity contribution in [3.05, 3.63) is 5.82 Å². The first kappa shape index (κ1) is 14.7. The Morgan fingerprint density at radius 3 is 2.78 bits per heavy atom. The number of carbonyl (C=O) groups is 2. The van der Waals surface area contributed by atoms with Crippen LogP contribution in [0.2, 0.25) is 0 Å². The maximum Gasteiger partial charge on any atom is 0.326 e. The quantitative estimate of drug-likeness (QED) is 0.726. The molecule has 9 heteroatoms. The molecule has 18 heavy (non-hydrogen) atoms. The van der Waals surface area contributed by atoms with Gasteiger partial charge in [-0.1, -0.05) is 0 Å². The molecule has 0 aliphatic rings. The summed E-state index contributed by atoms with van der Waals surface area (Å²) >= 11 is 2.57. The number of aliphatic carboxylic acids is 1. The molecule has 0 fully saturated rings.